The summed E-state index contributed by atoms with van der Waals surface area (Å²) in [7, 11) is 0. The number of hydrogen-bond acceptors (Lipinski definition) is 3. The third kappa shape index (κ3) is 3.90. The second kappa shape index (κ2) is 7.12. The highest BCUT2D eigenvalue weighted by atomic mass is 19.1. The first-order valence-electron chi connectivity index (χ1n) is 7.66. The molecule has 1 atom stereocenters. The lowest BCUT2D eigenvalue weighted by molar-refractivity contribution is -0.120. The number of carbonyl (C=O) groups excluding carboxylic acids is 2. The number of halogens is 1. The van der Waals surface area contributed by atoms with E-state index >= 15 is 0 Å². The van der Waals surface area contributed by atoms with Crippen LogP contribution in [0.4, 0.5) is 14.9 Å². The second-order valence-electron chi connectivity index (χ2n) is 5.56. The lowest BCUT2D eigenvalue weighted by atomic mass is 10.1. The molecule has 0 radical (unpaired) electrons. The predicted octanol–water partition coefficient (Wildman–Crippen LogP) is 2.51. The van der Waals surface area contributed by atoms with E-state index in [4.69, 9.17) is 4.74 Å². The first kappa shape index (κ1) is 16.0. The van der Waals surface area contributed by atoms with Crippen LogP contribution in [0.2, 0.25) is 0 Å². The lowest BCUT2D eigenvalue weighted by Gasteiger charge is -2.13. The van der Waals surface area contributed by atoms with Gasteiger partial charge in [-0.25, -0.2) is 9.18 Å². The van der Waals surface area contributed by atoms with Crippen molar-refractivity contribution < 1.29 is 18.7 Å². The zero-order valence-corrected chi connectivity index (χ0v) is 12.9. The Bertz CT molecular complexity index is 736. The molecule has 0 spiro atoms. The van der Waals surface area contributed by atoms with E-state index in [0.29, 0.717) is 5.69 Å². The van der Waals surface area contributed by atoms with E-state index in [0.717, 1.165) is 5.56 Å². The molecule has 2 amide bonds. The van der Waals surface area contributed by atoms with Gasteiger partial charge in [0, 0.05) is 0 Å². The molecule has 1 fully saturated rings. The molecule has 1 aliphatic rings. The molecule has 24 heavy (non-hydrogen) atoms. The summed E-state index contributed by atoms with van der Waals surface area (Å²) >= 11 is 0. The van der Waals surface area contributed by atoms with Gasteiger partial charge in [0.1, 0.15) is 11.9 Å². The quantitative estimate of drug-likeness (QED) is 0.917. The maximum absolute atomic E-state index is 13.3. The maximum atomic E-state index is 13.3. The van der Waals surface area contributed by atoms with Gasteiger partial charge in [-0.2, -0.15) is 0 Å². The van der Waals surface area contributed by atoms with Crippen LogP contribution in [0.3, 0.4) is 0 Å². The topological polar surface area (TPSA) is 58.6 Å². The average Bonchev–Trinajstić information content (AvgIpc) is 2.95. The number of benzene rings is 2. The Morgan fingerprint density at radius 1 is 1.21 bits per heavy atom. The molecule has 1 aliphatic heterocycles. The molecule has 1 N–H and O–H groups in total. The smallest absolute Gasteiger partial charge is 0.414 e. The Morgan fingerprint density at radius 3 is 2.75 bits per heavy atom. The van der Waals surface area contributed by atoms with E-state index in [2.05, 4.69) is 5.32 Å². The van der Waals surface area contributed by atoms with Crippen molar-refractivity contribution >= 4 is 17.7 Å². The van der Waals surface area contributed by atoms with Crippen molar-refractivity contribution in [2.45, 2.75) is 12.5 Å². The monoisotopic (exact) mass is 328 g/mol. The van der Waals surface area contributed by atoms with Gasteiger partial charge in [-0.15, -0.1) is 0 Å². The van der Waals surface area contributed by atoms with Crippen molar-refractivity contribution in [2.75, 3.05) is 18.0 Å². The molecule has 2 aromatic carbocycles. The predicted molar refractivity (Wildman–Crippen MR) is 87.2 cm³/mol. The summed E-state index contributed by atoms with van der Waals surface area (Å²) in [6.07, 6.45) is -0.724. The number of hydrogen-bond donors (Lipinski definition) is 1. The zero-order valence-electron chi connectivity index (χ0n) is 12.9. The summed E-state index contributed by atoms with van der Waals surface area (Å²) < 4.78 is 18.5. The van der Waals surface area contributed by atoms with E-state index < -0.39 is 18.0 Å². The number of rotatable bonds is 5. The summed E-state index contributed by atoms with van der Waals surface area (Å²) in [4.78, 5) is 25.2. The third-order valence-electron chi connectivity index (χ3n) is 3.73. The van der Waals surface area contributed by atoms with Crippen molar-refractivity contribution in [3.63, 3.8) is 0 Å². The van der Waals surface area contributed by atoms with Crippen LogP contribution in [0, 0.1) is 5.82 Å². The molecule has 3 rings (SSSR count). The molecule has 0 aromatic heterocycles. The van der Waals surface area contributed by atoms with E-state index in [9.17, 15) is 14.0 Å². The zero-order chi connectivity index (χ0) is 16.9. The SMILES string of the molecule is O=C(Cc1ccccc1)NCC1CN(c2cccc(F)c2)C(=O)O1. The highest BCUT2D eigenvalue weighted by molar-refractivity contribution is 5.89. The van der Waals surface area contributed by atoms with Crippen molar-refractivity contribution in [1.29, 1.82) is 0 Å². The van der Waals surface area contributed by atoms with Crippen LogP contribution in [0.15, 0.2) is 54.6 Å². The average molecular weight is 328 g/mol. The first-order valence-corrected chi connectivity index (χ1v) is 7.66. The van der Waals surface area contributed by atoms with Gasteiger partial charge in [-0.3, -0.25) is 9.69 Å². The van der Waals surface area contributed by atoms with Crippen molar-refractivity contribution in [2.24, 2.45) is 0 Å². The standard InChI is InChI=1S/C18H17FN2O3/c19-14-7-4-8-15(10-14)21-12-16(24-18(21)23)11-20-17(22)9-13-5-2-1-3-6-13/h1-8,10,16H,9,11-12H2,(H,20,22). The van der Waals surface area contributed by atoms with Crippen LogP contribution < -0.4 is 10.2 Å². The molecule has 0 aliphatic carbocycles. The number of anilines is 1. The van der Waals surface area contributed by atoms with Gasteiger partial charge in [0.25, 0.3) is 0 Å². The number of carbonyl (C=O) groups is 2. The van der Waals surface area contributed by atoms with E-state index in [1.165, 1.54) is 23.1 Å². The Balaban J connectivity index is 1.52. The van der Waals surface area contributed by atoms with Gasteiger partial charge >= 0.3 is 6.09 Å². The Morgan fingerprint density at radius 2 is 2.00 bits per heavy atom. The molecular formula is C18H17FN2O3. The molecular weight excluding hydrogens is 311 g/mol. The van der Waals surface area contributed by atoms with E-state index in [1.807, 2.05) is 30.3 Å². The summed E-state index contributed by atoms with van der Waals surface area (Å²) in [5.41, 5.74) is 1.36. The molecule has 124 valence electrons. The van der Waals surface area contributed by atoms with Gasteiger partial charge in [0.05, 0.1) is 25.2 Å². The number of amides is 2. The van der Waals surface area contributed by atoms with Gasteiger partial charge in [-0.1, -0.05) is 36.4 Å². The van der Waals surface area contributed by atoms with Crippen LogP contribution in [0.5, 0.6) is 0 Å². The minimum Gasteiger partial charge on any atom is -0.442 e. The van der Waals surface area contributed by atoms with Gasteiger partial charge in [0.2, 0.25) is 5.91 Å². The molecule has 1 heterocycles. The van der Waals surface area contributed by atoms with Crippen molar-refractivity contribution in [1.82, 2.24) is 5.32 Å². The molecule has 6 heteroatoms. The van der Waals surface area contributed by atoms with Gasteiger partial charge < -0.3 is 10.1 Å². The minimum atomic E-state index is -0.539. The normalized spacial score (nSPS) is 16.8. The van der Waals surface area contributed by atoms with Crippen LogP contribution >= 0.6 is 0 Å². The number of cyclic esters (lactones) is 1. The highest BCUT2D eigenvalue weighted by Crippen LogP contribution is 2.22. The molecule has 1 unspecified atom stereocenters. The van der Waals surface area contributed by atoms with Crippen LogP contribution in [0.1, 0.15) is 5.56 Å². The summed E-state index contributed by atoms with van der Waals surface area (Å²) in [6, 6.07) is 15.1. The summed E-state index contributed by atoms with van der Waals surface area (Å²) in [5.74, 6) is -0.554. The van der Waals surface area contributed by atoms with E-state index in [-0.39, 0.29) is 25.4 Å². The molecule has 0 bridgehead atoms. The van der Waals surface area contributed by atoms with Gasteiger partial charge in [-0.05, 0) is 23.8 Å². The van der Waals surface area contributed by atoms with E-state index in [1.54, 1.807) is 6.07 Å². The van der Waals surface area contributed by atoms with Crippen LogP contribution in [-0.4, -0.2) is 31.2 Å². The fourth-order valence-electron chi connectivity index (χ4n) is 2.55. The fraction of sp³-hybridized carbons (Fsp3) is 0.222. The third-order valence-corrected chi connectivity index (χ3v) is 3.73. The molecule has 0 saturated carbocycles. The minimum absolute atomic E-state index is 0.138. The Kier molecular flexibility index (Phi) is 4.74. The Labute approximate surface area is 139 Å². The first-order chi connectivity index (χ1) is 11.6. The molecule has 1 saturated heterocycles. The van der Waals surface area contributed by atoms with Crippen LogP contribution in [0.25, 0.3) is 0 Å². The van der Waals surface area contributed by atoms with Crippen LogP contribution in [-0.2, 0) is 16.0 Å². The number of nitrogens with one attached hydrogen (secondary N) is 1. The Hall–Kier alpha value is -2.89. The fourth-order valence-corrected chi connectivity index (χ4v) is 2.55. The second-order valence-corrected chi connectivity index (χ2v) is 5.56. The van der Waals surface area contributed by atoms with Gasteiger partial charge in [0.15, 0.2) is 0 Å². The molecule has 2 aromatic rings. The number of nitrogens with zero attached hydrogens (tertiary/aromatic N) is 1. The largest absolute Gasteiger partial charge is 0.442 e. The van der Waals surface area contributed by atoms with Crippen molar-refractivity contribution in [3.8, 4) is 0 Å². The summed E-state index contributed by atoms with van der Waals surface area (Å²) in [5, 5.41) is 2.76. The summed E-state index contributed by atoms with van der Waals surface area (Å²) in [6.45, 7) is 0.497. The lowest BCUT2D eigenvalue weighted by Crippen LogP contribution is -2.35. The maximum Gasteiger partial charge on any atom is 0.414 e. The highest BCUT2D eigenvalue weighted by Gasteiger charge is 2.32. The number of ether oxygens (including phenoxy) is 1. The van der Waals surface area contributed by atoms with Crippen molar-refractivity contribution in [3.05, 3.63) is 66.0 Å². The molecule has 5 nitrogen and oxygen atoms in total.